The highest BCUT2D eigenvalue weighted by Gasteiger charge is 2.09. The van der Waals surface area contributed by atoms with E-state index in [1.807, 2.05) is 13.8 Å². The van der Waals surface area contributed by atoms with Crippen LogP contribution in [0.15, 0.2) is 0 Å². The first kappa shape index (κ1) is 17.9. The zero-order valence-electron chi connectivity index (χ0n) is 11.8. The number of carbonyl (C=O) groups excluding carboxylic acids is 1. The van der Waals surface area contributed by atoms with Crippen LogP contribution in [0.5, 0.6) is 0 Å². The minimum Gasteiger partial charge on any atom is -0.481 e. The third kappa shape index (κ3) is 10.5. The summed E-state index contributed by atoms with van der Waals surface area (Å²) < 4.78 is 11.1. The van der Waals surface area contributed by atoms with Crippen LogP contribution in [-0.4, -0.2) is 45.9 Å². The number of urea groups is 1. The van der Waals surface area contributed by atoms with Crippen molar-refractivity contribution in [2.75, 3.05) is 19.3 Å². The maximum absolute atomic E-state index is 11.4. The van der Waals surface area contributed by atoms with Crippen molar-refractivity contribution in [1.82, 2.24) is 10.6 Å². The van der Waals surface area contributed by atoms with Gasteiger partial charge in [-0.3, -0.25) is 9.00 Å². The summed E-state index contributed by atoms with van der Waals surface area (Å²) >= 11 is 0. The van der Waals surface area contributed by atoms with Crippen LogP contribution >= 0.6 is 0 Å². The van der Waals surface area contributed by atoms with Crippen LogP contribution in [0.2, 0.25) is 0 Å². The molecule has 0 radical (unpaired) electrons. The summed E-state index contributed by atoms with van der Waals surface area (Å²) in [6, 6.07) is -0.275. The van der Waals surface area contributed by atoms with Gasteiger partial charge in [-0.15, -0.1) is 0 Å². The largest absolute Gasteiger partial charge is 0.481 e. The monoisotopic (exact) mass is 292 g/mol. The summed E-state index contributed by atoms with van der Waals surface area (Å²) in [5, 5.41) is 13.8. The molecular formula is C12H24N2O4S. The second-order valence-corrected chi connectivity index (χ2v) is 6.57. The quantitative estimate of drug-likeness (QED) is 0.589. The van der Waals surface area contributed by atoms with E-state index in [-0.39, 0.29) is 23.6 Å². The fourth-order valence-electron chi connectivity index (χ4n) is 1.36. The number of amides is 2. The third-order valence-corrected chi connectivity index (χ3v) is 4.19. The van der Waals surface area contributed by atoms with Crippen LogP contribution in [0.3, 0.4) is 0 Å². The maximum atomic E-state index is 11.4. The van der Waals surface area contributed by atoms with Crippen LogP contribution in [0.4, 0.5) is 4.79 Å². The number of hydrogen-bond donors (Lipinski definition) is 3. The van der Waals surface area contributed by atoms with Crippen molar-refractivity contribution < 1.29 is 18.9 Å². The van der Waals surface area contributed by atoms with Gasteiger partial charge in [0.25, 0.3) is 0 Å². The molecule has 3 atom stereocenters. The second kappa shape index (κ2) is 9.77. The van der Waals surface area contributed by atoms with Crippen molar-refractivity contribution in [3.05, 3.63) is 0 Å². The molecule has 0 fully saturated rings. The standard InChI is InChI=1S/C12H24N2O4S/c1-9(4-5-11(15)16)6-7-13-12(17)14-8-10(2)19(3)18/h9-10H,4-8H2,1-3H3,(H,15,16)(H2,13,14,17). The van der Waals surface area contributed by atoms with E-state index in [0.717, 1.165) is 6.42 Å². The Bertz CT molecular complexity index is 323. The molecule has 0 aliphatic carbocycles. The zero-order chi connectivity index (χ0) is 14.8. The molecule has 0 heterocycles. The van der Waals surface area contributed by atoms with Crippen molar-refractivity contribution in [3.8, 4) is 0 Å². The topological polar surface area (TPSA) is 95.5 Å². The number of carbonyl (C=O) groups is 2. The van der Waals surface area contributed by atoms with Crippen molar-refractivity contribution >= 4 is 22.8 Å². The van der Waals surface area contributed by atoms with Crippen molar-refractivity contribution in [2.24, 2.45) is 5.92 Å². The molecule has 0 rings (SSSR count). The van der Waals surface area contributed by atoms with E-state index in [4.69, 9.17) is 5.11 Å². The minimum atomic E-state index is -0.945. The lowest BCUT2D eigenvalue weighted by Crippen LogP contribution is -2.40. The Hall–Kier alpha value is -1.11. The number of rotatable bonds is 9. The minimum absolute atomic E-state index is 0.0692. The van der Waals surface area contributed by atoms with Crippen LogP contribution < -0.4 is 10.6 Å². The van der Waals surface area contributed by atoms with Gasteiger partial charge in [0.1, 0.15) is 0 Å². The molecule has 6 nitrogen and oxygen atoms in total. The van der Waals surface area contributed by atoms with E-state index in [9.17, 15) is 13.8 Å². The van der Waals surface area contributed by atoms with E-state index in [0.29, 0.717) is 19.5 Å². The summed E-state index contributed by atoms with van der Waals surface area (Å²) in [5.41, 5.74) is 0. The van der Waals surface area contributed by atoms with E-state index in [2.05, 4.69) is 10.6 Å². The molecule has 0 aromatic rings. The predicted molar refractivity (Wildman–Crippen MR) is 75.6 cm³/mol. The molecule has 0 bridgehead atoms. The normalized spacial score (nSPS) is 15.3. The van der Waals surface area contributed by atoms with Gasteiger partial charge in [0, 0.05) is 41.8 Å². The lowest BCUT2D eigenvalue weighted by Gasteiger charge is -2.13. The van der Waals surface area contributed by atoms with Crippen molar-refractivity contribution in [3.63, 3.8) is 0 Å². The Morgan fingerprint density at radius 3 is 2.37 bits per heavy atom. The molecule has 0 aliphatic heterocycles. The number of aliphatic carboxylic acids is 1. The molecule has 3 unspecified atom stereocenters. The smallest absolute Gasteiger partial charge is 0.314 e. The van der Waals surface area contributed by atoms with Crippen LogP contribution in [0.25, 0.3) is 0 Å². The Labute approximate surface area is 116 Å². The van der Waals surface area contributed by atoms with E-state index >= 15 is 0 Å². The van der Waals surface area contributed by atoms with E-state index in [1.165, 1.54) is 0 Å². The molecule has 2 amide bonds. The molecule has 0 saturated carbocycles. The maximum Gasteiger partial charge on any atom is 0.314 e. The number of hydrogen-bond acceptors (Lipinski definition) is 3. The lowest BCUT2D eigenvalue weighted by atomic mass is 10.0. The van der Waals surface area contributed by atoms with Gasteiger partial charge < -0.3 is 15.7 Å². The average molecular weight is 292 g/mol. The molecular weight excluding hydrogens is 268 g/mol. The molecule has 3 N–H and O–H groups in total. The van der Waals surface area contributed by atoms with Gasteiger partial charge in [-0.25, -0.2) is 4.79 Å². The fourth-order valence-corrected chi connectivity index (χ4v) is 1.68. The predicted octanol–water partition coefficient (Wildman–Crippen LogP) is 0.944. The van der Waals surface area contributed by atoms with Crippen LogP contribution in [-0.2, 0) is 15.6 Å². The molecule has 0 aromatic heterocycles. The number of carboxylic acid groups (broad SMARTS) is 1. The third-order valence-electron chi connectivity index (χ3n) is 2.89. The van der Waals surface area contributed by atoms with Crippen molar-refractivity contribution in [1.29, 1.82) is 0 Å². The van der Waals surface area contributed by atoms with Gasteiger partial charge in [0.2, 0.25) is 0 Å². The van der Waals surface area contributed by atoms with Gasteiger partial charge in [-0.1, -0.05) is 6.92 Å². The summed E-state index contributed by atoms with van der Waals surface area (Å²) in [4.78, 5) is 21.8. The molecule has 0 saturated heterocycles. The summed E-state index contributed by atoms with van der Waals surface area (Å²) in [5.74, 6) is -0.530. The highest BCUT2D eigenvalue weighted by atomic mass is 32.2. The molecule has 0 aromatic carbocycles. The van der Waals surface area contributed by atoms with Crippen LogP contribution in [0.1, 0.15) is 33.1 Å². The Kier molecular flexibility index (Phi) is 9.20. The van der Waals surface area contributed by atoms with Gasteiger partial charge in [-0.2, -0.15) is 0 Å². The first-order chi connectivity index (χ1) is 8.82. The molecule has 0 spiro atoms. The van der Waals surface area contributed by atoms with E-state index < -0.39 is 16.8 Å². The van der Waals surface area contributed by atoms with Gasteiger partial charge >= 0.3 is 12.0 Å². The van der Waals surface area contributed by atoms with Gasteiger partial charge in [0.05, 0.1) is 0 Å². The number of carboxylic acids is 1. The second-order valence-electron chi connectivity index (χ2n) is 4.77. The molecule has 112 valence electrons. The lowest BCUT2D eigenvalue weighted by molar-refractivity contribution is -0.137. The summed E-state index contributed by atoms with van der Waals surface area (Å²) in [7, 11) is -0.945. The highest BCUT2D eigenvalue weighted by Crippen LogP contribution is 2.08. The highest BCUT2D eigenvalue weighted by molar-refractivity contribution is 7.84. The molecule has 0 aliphatic rings. The molecule has 19 heavy (non-hydrogen) atoms. The summed E-state index contributed by atoms with van der Waals surface area (Å²) in [6.45, 7) is 4.66. The summed E-state index contributed by atoms with van der Waals surface area (Å²) in [6.07, 6.45) is 3.13. The average Bonchev–Trinajstić information content (AvgIpc) is 2.33. The van der Waals surface area contributed by atoms with Gasteiger partial charge in [0.15, 0.2) is 0 Å². The Morgan fingerprint density at radius 1 is 1.21 bits per heavy atom. The van der Waals surface area contributed by atoms with Gasteiger partial charge in [-0.05, 0) is 25.7 Å². The fraction of sp³-hybridized carbons (Fsp3) is 0.833. The van der Waals surface area contributed by atoms with Crippen LogP contribution in [0, 0.1) is 5.92 Å². The molecule has 7 heteroatoms. The zero-order valence-corrected chi connectivity index (χ0v) is 12.6. The SMILES string of the molecule is CC(CCNC(=O)NCC(C)S(C)=O)CCC(=O)O. The van der Waals surface area contributed by atoms with Crippen molar-refractivity contribution in [2.45, 2.75) is 38.4 Å². The van der Waals surface area contributed by atoms with E-state index in [1.54, 1.807) is 6.26 Å². The Morgan fingerprint density at radius 2 is 1.84 bits per heavy atom. The Balaban J connectivity index is 3.63. The number of nitrogens with one attached hydrogen (secondary N) is 2. The first-order valence-corrected chi connectivity index (χ1v) is 8.00. The first-order valence-electron chi connectivity index (χ1n) is 6.38.